The van der Waals surface area contributed by atoms with Crippen molar-refractivity contribution in [3.8, 4) is 17.2 Å². The Hall–Kier alpha value is -2.24. The van der Waals surface area contributed by atoms with E-state index in [-0.39, 0.29) is 5.41 Å². The third kappa shape index (κ3) is 6.88. The Morgan fingerprint density at radius 3 is 1.97 bits per heavy atom. The largest absolute Gasteiger partial charge is 0.493 e. The number of ether oxygens (including phenoxy) is 3. The van der Waals surface area contributed by atoms with Crippen molar-refractivity contribution in [1.29, 1.82) is 0 Å². The van der Waals surface area contributed by atoms with Gasteiger partial charge in [0.05, 0.1) is 14.2 Å². The lowest BCUT2D eigenvalue weighted by Crippen LogP contribution is -2.47. The summed E-state index contributed by atoms with van der Waals surface area (Å²) in [6.45, 7) is 13.9. The van der Waals surface area contributed by atoms with Crippen LogP contribution in [-0.2, 0) is 11.8 Å². The van der Waals surface area contributed by atoms with Crippen LogP contribution < -0.4 is 14.2 Å². The molecule has 0 radical (unpaired) electrons. The second kappa shape index (κ2) is 10.9. The van der Waals surface area contributed by atoms with Gasteiger partial charge in [-0.3, -0.25) is 4.90 Å². The summed E-state index contributed by atoms with van der Waals surface area (Å²) in [4.78, 5) is 5.04. The third-order valence-corrected chi connectivity index (χ3v) is 6.03. The first-order chi connectivity index (χ1) is 14.9. The molecule has 0 unspecified atom stereocenters. The molecule has 0 N–H and O–H groups in total. The minimum atomic E-state index is 0.178. The van der Waals surface area contributed by atoms with Crippen molar-refractivity contribution in [2.45, 2.75) is 32.6 Å². The van der Waals surface area contributed by atoms with Crippen LogP contribution in [0.3, 0.4) is 0 Å². The predicted molar refractivity (Wildman–Crippen MR) is 127 cm³/mol. The Morgan fingerprint density at radius 2 is 1.39 bits per heavy atom. The molecule has 0 aliphatic carbocycles. The van der Waals surface area contributed by atoms with Crippen molar-refractivity contribution in [2.24, 2.45) is 0 Å². The SMILES string of the molecule is COc1ccc(CCN2CCN(CCOc3ccc(C(C)(C)C)cc3)CC2)cc1OC. The van der Waals surface area contributed by atoms with Crippen molar-refractivity contribution in [3.63, 3.8) is 0 Å². The smallest absolute Gasteiger partial charge is 0.160 e. The van der Waals surface area contributed by atoms with Crippen LogP contribution in [0.4, 0.5) is 0 Å². The van der Waals surface area contributed by atoms with E-state index in [1.54, 1.807) is 14.2 Å². The number of nitrogens with zero attached hydrogens (tertiary/aromatic N) is 2. The molecular weight excluding hydrogens is 388 g/mol. The lowest BCUT2D eigenvalue weighted by Gasteiger charge is -2.34. The van der Waals surface area contributed by atoms with Gasteiger partial charge in [0.2, 0.25) is 0 Å². The van der Waals surface area contributed by atoms with E-state index < -0.39 is 0 Å². The zero-order valence-electron chi connectivity index (χ0n) is 19.8. The summed E-state index contributed by atoms with van der Waals surface area (Å²) in [5.74, 6) is 2.55. The van der Waals surface area contributed by atoms with Gasteiger partial charge in [-0.2, -0.15) is 0 Å². The first kappa shape index (κ1) is 23.4. The van der Waals surface area contributed by atoms with E-state index in [1.807, 2.05) is 6.07 Å². The number of rotatable bonds is 9. The van der Waals surface area contributed by atoms with Crippen LogP contribution in [0.15, 0.2) is 42.5 Å². The zero-order valence-corrected chi connectivity index (χ0v) is 19.8. The topological polar surface area (TPSA) is 34.2 Å². The minimum Gasteiger partial charge on any atom is -0.493 e. The Balaban J connectivity index is 1.35. The fourth-order valence-corrected chi connectivity index (χ4v) is 3.90. The highest BCUT2D eigenvalue weighted by atomic mass is 16.5. The van der Waals surface area contributed by atoms with E-state index in [0.717, 1.165) is 69.5 Å². The maximum Gasteiger partial charge on any atom is 0.160 e. The van der Waals surface area contributed by atoms with Crippen LogP contribution in [0.5, 0.6) is 17.2 Å². The number of hydrogen-bond acceptors (Lipinski definition) is 5. The Kier molecular flexibility index (Phi) is 8.22. The minimum absolute atomic E-state index is 0.178. The molecule has 1 aliphatic rings. The van der Waals surface area contributed by atoms with Crippen LogP contribution in [-0.4, -0.2) is 69.9 Å². The van der Waals surface area contributed by atoms with Gasteiger partial charge in [-0.05, 0) is 47.2 Å². The molecule has 1 aliphatic heterocycles. The molecule has 2 aromatic rings. The number of piperazine rings is 1. The molecule has 1 saturated heterocycles. The molecule has 2 aromatic carbocycles. The molecule has 0 amide bonds. The van der Waals surface area contributed by atoms with Gasteiger partial charge in [-0.25, -0.2) is 0 Å². The summed E-state index contributed by atoms with van der Waals surface area (Å²) < 4.78 is 16.7. The molecule has 1 heterocycles. The molecule has 0 aromatic heterocycles. The molecular formula is C26H38N2O3. The highest BCUT2D eigenvalue weighted by Crippen LogP contribution is 2.28. The van der Waals surface area contributed by atoms with Crippen molar-refractivity contribution in [3.05, 3.63) is 53.6 Å². The molecule has 3 rings (SSSR count). The molecule has 31 heavy (non-hydrogen) atoms. The molecule has 1 fully saturated rings. The summed E-state index contributed by atoms with van der Waals surface area (Å²) in [6.07, 6.45) is 1.02. The standard InChI is InChI=1S/C26H38N2O3/c1-26(2,3)22-7-9-23(10-8-22)31-19-18-28-16-14-27(15-17-28)13-12-21-6-11-24(29-4)25(20-21)30-5/h6-11,20H,12-19H2,1-5H3. The van der Waals surface area contributed by atoms with Crippen molar-refractivity contribution >= 4 is 0 Å². The highest BCUT2D eigenvalue weighted by Gasteiger charge is 2.17. The maximum absolute atomic E-state index is 5.97. The molecule has 5 heteroatoms. The lowest BCUT2D eigenvalue weighted by atomic mass is 9.87. The molecule has 0 saturated carbocycles. The van der Waals surface area contributed by atoms with Gasteiger partial charge in [0, 0.05) is 39.3 Å². The van der Waals surface area contributed by atoms with E-state index in [2.05, 4.69) is 67.0 Å². The normalized spacial score (nSPS) is 15.6. The second-order valence-electron chi connectivity index (χ2n) is 9.25. The molecule has 0 atom stereocenters. The van der Waals surface area contributed by atoms with E-state index >= 15 is 0 Å². The van der Waals surface area contributed by atoms with Gasteiger partial charge >= 0.3 is 0 Å². The average molecular weight is 427 g/mol. The van der Waals surface area contributed by atoms with Gasteiger partial charge in [-0.1, -0.05) is 39.0 Å². The fourth-order valence-electron chi connectivity index (χ4n) is 3.90. The average Bonchev–Trinajstić information content (AvgIpc) is 2.78. The van der Waals surface area contributed by atoms with Crippen LogP contribution >= 0.6 is 0 Å². The van der Waals surface area contributed by atoms with Crippen molar-refractivity contribution in [1.82, 2.24) is 9.80 Å². The number of benzene rings is 2. The van der Waals surface area contributed by atoms with Crippen LogP contribution in [0.25, 0.3) is 0 Å². The van der Waals surface area contributed by atoms with E-state index in [0.29, 0.717) is 0 Å². The highest BCUT2D eigenvalue weighted by molar-refractivity contribution is 5.43. The Morgan fingerprint density at radius 1 is 0.774 bits per heavy atom. The molecule has 0 bridgehead atoms. The van der Waals surface area contributed by atoms with E-state index in [9.17, 15) is 0 Å². The van der Waals surface area contributed by atoms with Crippen LogP contribution in [0.1, 0.15) is 31.9 Å². The maximum atomic E-state index is 5.97. The van der Waals surface area contributed by atoms with Gasteiger partial charge in [0.25, 0.3) is 0 Å². The summed E-state index contributed by atoms with van der Waals surface area (Å²) in [6, 6.07) is 14.7. The second-order valence-corrected chi connectivity index (χ2v) is 9.25. The first-order valence-electron chi connectivity index (χ1n) is 11.3. The summed E-state index contributed by atoms with van der Waals surface area (Å²) in [7, 11) is 3.36. The van der Waals surface area contributed by atoms with Crippen LogP contribution in [0.2, 0.25) is 0 Å². The Labute approximate surface area is 187 Å². The zero-order chi connectivity index (χ0) is 22.3. The number of methoxy groups -OCH3 is 2. The van der Waals surface area contributed by atoms with Gasteiger partial charge in [0.15, 0.2) is 11.5 Å². The van der Waals surface area contributed by atoms with Gasteiger partial charge in [-0.15, -0.1) is 0 Å². The van der Waals surface area contributed by atoms with Crippen LogP contribution in [0, 0.1) is 0 Å². The predicted octanol–water partition coefficient (Wildman–Crippen LogP) is 4.24. The Bertz CT molecular complexity index is 806. The summed E-state index contributed by atoms with van der Waals surface area (Å²) in [5.41, 5.74) is 2.80. The molecule has 170 valence electrons. The third-order valence-electron chi connectivity index (χ3n) is 6.03. The molecule has 5 nitrogen and oxygen atoms in total. The monoisotopic (exact) mass is 426 g/mol. The van der Waals surface area contributed by atoms with Gasteiger partial charge in [0.1, 0.15) is 12.4 Å². The number of hydrogen-bond donors (Lipinski definition) is 0. The molecule has 0 spiro atoms. The summed E-state index contributed by atoms with van der Waals surface area (Å²) in [5, 5.41) is 0. The van der Waals surface area contributed by atoms with Crippen molar-refractivity contribution < 1.29 is 14.2 Å². The van der Waals surface area contributed by atoms with Gasteiger partial charge < -0.3 is 19.1 Å². The first-order valence-corrected chi connectivity index (χ1v) is 11.3. The van der Waals surface area contributed by atoms with E-state index in [1.165, 1.54) is 11.1 Å². The summed E-state index contributed by atoms with van der Waals surface area (Å²) >= 11 is 0. The van der Waals surface area contributed by atoms with E-state index in [4.69, 9.17) is 14.2 Å². The lowest BCUT2D eigenvalue weighted by molar-refractivity contribution is 0.118. The fraction of sp³-hybridized carbons (Fsp3) is 0.538. The van der Waals surface area contributed by atoms with Crippen molar-refractivity contribution in [2.75, 3.05) is 60.1 Å². The quantitative estimate of drug-likeness (QED) is 0.599.